The Labute approximate surface area is 159 Å². The fourth-order valence-corrected chi connectivity index (χ4v) is 3.33. The number of non-ortho nitro benzene ring substituents is 1. The maximum Gasteiger partial charge on any atom is 0.269 e. The first kappa shape index (κ1) is 16.9. The Morgan fingerprint density at radius 1 is 1.04 bits per heavy atom. The summed E-state index contributed by atoms with van der Waals surface area (Å²) in [6.45, 7) is 0. The van der Waals surface area contributed by atoms with E-state index in [0.717, 1.165) is 22.6 Å². The van der Waals surface area contributed by atoms with Crippen LogP contribution in [0.2, 0.25) is 0 Å². The molecule has 7 heteroatoms. The largest absolute Gasteiger partial charge is 0.316 e. The number of aromatic nitrogens is 2. The Bertz CT molecular complexity index is 1100. The molecular weight excluding hydrogens is 360 g/mol. The molecule has 0 atom stereocenters. The topological polar surface area (TPSA) is 73.3 Å². The van der Waals surface area contributed by atoms with Crippen LogP contribution in [0.25, 0.3) is 16.9 Å². The smallest absolute Gasteiger partial charge is 0.269 e. The second-order valence-corrected chi connectivity index (χ2v) is 6.55. The van der Waals surface area contributed by atoms with Gasteiger partial charge in [-0.1, -0.05) is 30.3 Å². The van der Waals surface area contributed by atoms with E-state index in [9.17, 15) is 10.1 Å². The molecule has 0 unspecified atom stereocenters. The number of thiazole rings is 1. The lowest BCUT2D eigenvalue weighted by Crippen LogP contribution is -1.98. The number of rotatable bonds is 5. The molecule has 0 aliphatic carbocycles. The molecule has 132 valence electrons. The van der Waals surface area contributed by atoms with Crippen LogP contribution < -0.4 is 0 Å². The van der Waals surface area contributed by atoms with Gasteiger partial charge in [0.1, 0.15) is 0 Å². The summed E-state index contributed by atoms with van der Waals surface area (Å²) < 4.78 is 1.92. The number of hydrogen-bond donors (Lipinski definition) is 0. The molecule has 0 saturated heterocycles. The third kappa shape index (κ3) is 3.68. The zero-order chi connectivity index (χ0) is 18.6. The van der Waals surface area contributed by atoms with E-state index in [2.05, 4.69) is 9.98 Å². The first-order chi connectivity index (χ1) is 13.2. The molecule has 2 heterocycles. The molecule has 6 nitrogen and oxygen atoms in total. The van der Waals surface area contributed by atoms with Crippen LogP contribution in [-0.4, -0.2) is 20.7 Å². The number of aliphatic imine (C=N–C) groups is 1. The summed E-state index contributed by atoms with van der Waals surface area (Å²) in [5.41, 5.74) is 3.72. The standard InChI is InChI=1S/C20H14N4O2S/c25-24(26)17-10-8-16(9-11-17)23-12-4-7-18(23)13-21-20-22-19(14-27-20)15-5-2-1-3-6-15/h1-14H/b21-13+. The van der Waals surface area contributed by atoms with Gasteiger partial charge >= 0.3 is 0 Å². The Kier molecular flexibility index (Phi) is 4.59. The van der Waals surface area contributed by atoms with E-state index in [4.69, 9.17) is 0 Å². The van der Waals surface area contributed by atoms with E-state index in [1.54, 1.807) is 18.3 Å². The van der Waals surface area contributed by atoms with Crippen molar-refractivity contribution in [2.45, 2.75) is 0 Å². The average Bonchev–Trinajstić information content (AvgIpc) is 3.36. The predicted octanol–water partition coefficient (Wildman–Crippen LogP) is 5.26. The Hall–Kier alpha value is -3.58. The van der Waals surface area contributed by atoms with Crippen LogP contribution in [0.1, 0.15) is 5.69 Å². The second kappa shape index (κ2) is 7.35. The third-order valence-electron chi connectivity index (χ3n) is 3.99. The minimum Gasteiger partial charge on any atom is -0.316 e. The van der Waals surface area contributed by atoms with Crippen LogP contribution in [0.15, 0.2) is 83.3 Å². The van der Waals surface area contributed by atoms with Crippen molar-refractivity contribution >= 4 is 28.4 Å². The maximum atomic E-state index is 10.8. The van der Waals surface area contributed by atoms with Gasteiger partial charge in [0.05, 0.1) is 22.5 Å². The third-order valence-corrected chi connectivity index (χ3v) is 4.74. The lowest BCUT2D eigenvalue weighted by Gasteiger charge is -2.05. The molecule has 0 amide bonds. The minimum absolute atomic E-state index is 0.0670. The fourth-order valence-electron chi connectivity index (χ4n) is 2.66. The van der Waals surface area contributed by atoms with Crippen molar-refractivity contribution in [1.82, 2.24) is 9.55 Å². The molecule has 4 rings (SSSR count). The number of nitrogens with zero attached hydrogens (tertiary/aromatic N) is 4. The van der Waals surface area contributed by atoms with Gasteiger partial charge in [-0.2, -0.15) is 0 Å². The van der Waals surface area contributed by atoms with E-state index in [1.807, 2.05) is 58.6 Å². The summed E-state index contributed by atoms with van der Waals surface area (Å²) in [6.07, 6.45) is 3.63. The van der Waals surface area contributed by atoms with Crippen LogP contribution in [0, 0.1) is 10.1 Å². The first-order valence-corrected chi connectivity index (χ1v) is 9.06. The summed E-state index contributed by atoms with van der Waals surface area (Å²) in [7, 11) is 0. The van der Waals surface area contributed by atoms with Crippen LogP contribution in [0.3, 0.4) is 0 Å². The van der Waals surface area contributed by atoms with Crippen molar-refractivity contribution in [3.05, 3.63) is 94.1 Å². The zero-order valence-corrected chi connectivity index (χ0v) is 14.9. The Balaban J connectivity index is 1.57. The molecule has 0 N–H and O–H groups in total. The second-order valence-electron chi connectivity index (χ2n) is 5.72. The van der Waals surface area contributed by atoms with Crippen molar-refractivity contribution in [1.29, 1.82) is 0 Å². The van der Waals surface area contributed by atoms with Gasteiger partial charge in [-0.05, 0) is 24.3 Å². The van der Waals surface area contributed by atoms with Crippen molar-refractivity contribution in [3.63, 3.8) is 0 Å². The average molecular weight is 374 g/mol. The monoisotopic (exact) mass is 374 g/mol. The molecule has 0 radical (unpaired) electrons. The molecular formula is C20H14N4O2S. The van der Waals surface area contributed by atoms with Gasteiger partial charge in [0, 0.05) is 35.0 Å². The number of benzene rings is 2. The van der Waals surface area contributed by atoms with Crippen LogP contribution >= 0.6 is 11.3 Å². The van der Waals surface area contributed by atoms with Crippen LogP contribution in [-0.2, 0) is 0 Å². The molecule has 2 aromatic heterocycles. The van der Waals surface area contributed by atoms with Gasteiger partial charge in [0.2, 0.25) is 5.13 Å². The molecule has 0 aliphatic rings. The highest BCUT2D eigenvalue weighted by molar-refractivity contribution is 7.13. The molecule has 0 bridgehead atoms. The lowest BCUT2D eigenvalue weighted by atomic mass is 10.2. The summed E-state index contributed by atoms with van der Waals surface area (Å²) in [5, 5.41) is 13.5. The van der Waals surface area contributed by atoms with E-state index >= 15 is 0 Å². The van der Waals surface area contributed by atoms with Gasteiger partial charge in [0.15, 0.2) is 0 Å². The van der Waals surface area contributed by atoms with E-state index in [-0.39, 0.29) is 5.69 Å². The van der Waals surface area contributed by atoms with Gasteiger partial charge in [-0.25, -0.2) is 9.98 Å². The normalized spacial score (nSPS) is 11.1. The van der Waals surface area contributed by atoms with E-state index < -0.39 is 4.92 Å². The van der Waals surface area contributed by atoms with Crippen LogP contribution in [0.5, 0.6) is 0 Å². The summed E-state index contributed by atoms with van der Waals surface area (Å²) in [5.74, 6) is 0. The fraction of sp³-hybridized carbons (Fsp3) is 0. The van der Waals surface area contributed by atoms with Crippen molar-refractivity contribution < 1.29 is 4.92 Å². The van der Waals surface area contributed by atoms with Crippen molar-refractivity contribution in [2.75, 3.05) is 0 Å². The number of hydrogen-bond acceptors (Lipinski definition) is 5. The minimum atomic E-state index is -0.408. The molecule has 2 aromatic carbocycles. The summed E-state index contributed by atoms with van der Waals surface area (Å²) in [4.78, 5) is 19.4. The van der Waals surface area contributed by atoms with Gasteiger partial charge in [-0.15, -0.1) is 11.3 Å². The summed E-state index contributed by atoms with van der Waals surface area (Å²) >= 11 is 1.48. The zero-order valence-electron chi connectivity index (χ0n) is 14.1. The van der Waals surface area contributed by atoms with Crippen LogP contribution in [0.4, 0.5) is 10.8 Å². The number of nitro benzene ring substituents is 1. The molecule has 0 aliphatic heterocycles. The predicted molar refractivity (Wildman–Crippen MR) is 107 cm³/mol. The highest BCUT2D eigenvalue weighted by Gasteiger charge is 2.07. The quantitative estimate of drug-likeness (QED) is 0.272. The molecule has 27 heavy (non-hydrogen) atoms. The molecule has 0 fully saturated rings. The maximum absolute atomic E-state index is 10.8. The molecule has 4 aromatic rings. The SMILES string of the molecule is O=[N+]([O-])c1ccc(-n2cccc2/C=N/c2nc(-c3ccccc3)cs2)cc1. The van der Waals surface area contributed by atoms with Gasteiger partial charge in [0.25, 0.3) is 5.69 Å². The summed E-state index contributed by atoms with van der Waals surface area (Å²) in [6, 6.07) is 20.2. The van der Waals surface area contributed by atoms with Crippen molar-refractivity contribution in [3.8, 4) is 16.9 Å². The Morgan fingerprint density at radius 3 is 2.56 bits per heavy atom. The van der Waals surface area contributed by atoms with Crippen molar-refractivity contribution in [2.24, 2.45) is 4.99 Å². The Morgan fingerprint density at radius 2 is 1.81 bits per heavy atom. The van der Waals surface area contributed by atoms with Gasteiger partial charge < -0.3 is 4.57 Å². The highest BCUT2D eigenvalue weighted by Crippen LogP contribution is 2.26. The van der Waals surface area contributed by atoms with E-state index in [0.29, 0.717) is 5.13 Å². The number of nitro groups is 1. The molecule has 0 saturated carbocycles. The lowest BCUT2D eigenvalue weighted by molar-refractivity contribution is -0.384. The van der Waals surface area contributed by atoms with E-state index in [1.165, 1.54) is 23.5 Å². The van der Waals surface area contributed by atoms with Gasteiger partial charge in [-0.3, -0.25) is 10.1 Å². The first-order valence-electron chi connectivity index (χ1n) is 8.18. The molecule has 0 spiro atoms. The highest BCUT2D eigenvalue weighted by atomic mass is 32.1.